The summed E-state index contributed by atoms with van der Waals surface area (Å²) in [5, 5.41) is 5.80. The Hall–Kier alpha value is -3.55. The number of carbonyl (C=O) groups is 1. The summed E-state index contributed by atoms with van der Waals surface area (Å²) in [4.78, 5) is 34.6. The van der Waals surface area contributed by atoms with Crippen LogP contribution in [0.2, 0.25) is 0 Å². The zero-order chi connectivity index (χ0) is 21.8. The minimum atomic E-state index is -0.420. The van der Waals surface area contributed by atoms with Gasteiger partial charge in [-0.25, -0.2) is 0 Å². The number of amides is 1. The van der Waals surface area contributed by atoms with Crippen molar-refractivity contribution in [1.29, 1.82) is 0 Å². The minimum absolute atomic E-state index is 0.172. The number of aromatic nitrogens is 1. The molecule has 31 heavy (non-hydrogen) atoms. The zero-order valence-electron chi connectivity index (χ0n) is 17.6. The molecule has 5 N–H and O–H groups in total. The third-order valence-electron chi connectivity index (χ3n) is 5.62. The van der Waals surface area contributed by atoms with E-state index in [1.807, 2.05) is 19.1 Å². The van der Waals surface area contributed by atoms with E-state index in [0.29, 0.717) is 16.9 Å². The predicted molar refractivity (Wildman–Crippen MR) is 123 cm³/mol. The molecule has 1 aromatic heterocycles. The molecule has 8 nitrogen and oxygen atoms in total. The number of hydrogen-bond acceptors (Lipinski definition) is 6. The smallest absolute Gasteiger partial charge is 0.271 e. The van der Waals surface area contributed by atoms with Gasteiger partial charge in [0.25, 0.3) is 11.5 Å². The number of aliphatic imine (C=N–C) groups is 1. The van der Waals surface area contributed by atoms with E-state index >= 15 is 0 Å². The highest BCUT2D eigenvalue weighted by Crippen LogP contribution is 2.22. The molecular weight excluding hydrogens is 392 g/mol. The summed E-state index contributed by atoms with van der Waals surface area (Å²) < 4.78 is 0. The van der Waals surface area contributed by atoms with Gasteiger partial charge >= 0.3 is 0 Å². The second-order valence-corrected chi connectivity index (χ2v) is 7.85. The Morgan fingerprint density at radius 1 is 1.23 bits per heavy atom. The van der Waals surface area contributed by atoms with Gasteiger partial charge in [0.05, 0.1) is 5.82 Å². The maximum atomic E-state index is 12.7. The maximum Gasteiger partial charge on any atom is 0.271 e. The lowest BCUT2D eigenvalue weighted by molar-refractivity contribution is 0.102. The third kappa shape index (κ3) is 4.79. The normalized spacial score (nSPS) is 18.6. The molecule has 2 aromatic rings. The van der Waals surface area contributed by atoms with E-state index in [4.69, 9.17) is 5.73 Å². The molecule has 2 aliphatic heterocycles. The van der Waals surface area contributed by atoms with Crippen LogP contribution < -0.4 is 26.8 Å². The molecule has 1 unspecified atom stereocenters. The summed E-state index contributed by atoms with van der Waals surface area (Å²) in [6.07, 6.45) is 7.37. The van der Waals surface area contributed by atoms with Crippen molar-refractivity contribution in [3.05, 3.63) is 69.9 Å². The highest BCUT2D eigenvalue weighted by Gasteiger charge is 2.18. The van der Waals surface area contributed by atoms with E-state index in [1.54, 1.807) is 30.5 Å². The van der Waals surface area contributed by atoms with Crippen molar-refractivity contribution in [3.8, 4) is 0 Å². The van der Waals surface area contributed by atoms with Gasteiger partial charge in [-0.05, 0) is 62.1 Å². The number of pyridine rings is 1. The summed E-state index contributed by atoms with van der Waals surface area (Å²) in [6.45, 7) is 4.09. The van der Waals surface area contributed by atoms with Crippen molar-refractivity contribution >= 4 is 23.0 Å². The number of anilines is 2. The number of hydrogen-bond donors (Lipinski definition) is 4. The Balaban J connectivity index is 1.49. The fraction of sp³-hybridized carbons (Fsp3) is 0.348. The van der Waals surface area contributed by atoms with Crippen LogP contribution in [0.4, 0.5) is 11.4 Å². The molecule has 1 atom stereocenters. The van der Waals surface area contributed by atoms with Crippen molar-refractivity contribution in [2.45, 2.75) is 38.8 Å². The van der Waals surface area contributed by atoms with Crippen molar-refractivity contribution in [1.82, 2.24) is 10.3 Å². The predicted octanol–water partition coefficient (Wildman–Crippen LogP) is 2.87. The van der Waals surface area contributed by atoms with E-state index in [1.165, 1.54) is 19.3 Å². The van der Waals surface area contributed by atoms with Crippen molar-refractivity contribution < 1.29 is 4.79 Å². The van der Waals surface area contributed by atoms with Gasteiger partial charge in [-0.15, -0.1) is 0 Å². The Morgan fingerprint density at radius 3 is 2.68 bits per heavy atom. The molecule has 1 saturated heterocycles. The summed E-state index contributed by atoms with van der Waals surface area (Å²) in [5.74, 6) is 0.184. The summed E-state index contributed by atoms with van der Waals surface area (Å²) in [5.41, 5.74) is 8.93. The number of nitrogens with zero attached hydrogens (tertiary/aromatic N) is 2. The van der Waals surface area contributed by atoms with Gasteiger partial charge < -0.3 is 26.3 Å². The van der Waals surface area contributed by atoms with E-state index in [9.17, 15) is 9.59 Å². The van der Waals surface area contributed by atoms with E-state index in [-0.39, 0.29) is 17.2 Å². The van der Waals surface area contributed by atoms with Crippen LogP contribution in [-0.2, 0) is 0 Å². The summed E-state index contributed by atoms with van der Waals surface area (Å²) in [7, 11) is 0. The Bertz CT molecular complexity index is 1060. The van der Waals surface area contributed by atoms with Gasteiger partial charge in [0.1, 0.15) is 11.9 Å². The number of nitrogens with two attached hydrogens (primary N) is 1. The fourth-order valence-electron chi connectivity index (χ4n) is 3.89. The number of rotatable bonds is 5. The second-order valence-electron chi connectivity index (χ2n) is 7.85. The quantitative estimate of drug-likeness (QED) is 0.594. The largest absolute Gasteiger partial charge is 0.385 e. The van der Waals surface area contributed by atoms with E-state index < -0.39 is 6.17 Å². The number of aromatic amines is 1. The Labute approximate surface area is 181 Å². The molecule has 0 spiro atoms. The van der Waals surface area contributed by atoms with Gasteiger partial charge in [-0.3, -0.25) is 14.6 Å². The highest BCUT2D eigenvalue weighted by atomic mass is 16.2. The van der Waals surface area contributed by atoms with Crippen LogP contribution in [-0.4, -0.2) is 29.7 Å². The molecule has 2 aliphatic rings. The van der Waals surface area contributed by atoms with Gasteiger partial charge in [-0.1, -0.05) is 6.92 Å². The molecule has 0 aliphatic carbocycles. The molecular formula is C23H28N6O2. The highest BCUT2D eigenvalue weighted by molar-refractivity contribution is 6.04. The second kappa shape index (κ2) is 9.07. The van der Waals surface area contributed by atoms with Crippen LogP contribution >= 0.6 is 0 Å². The molecule has 0 bridgehead atoms. The van der Waals surface area contributed by atoms with Crippen molar-refractivity contribution in [3.63, 3.8) is 0 Å². The van der Waals surface area contributed by atoms with E-state index in [2.05, 4.69) is 25.5 Å². The van der Waals surface area contributed by atoms with Crippen LogP contribution in [0.5, 0.6) is 0 Å². The first kappa shape index (κ1) is 20.7. The minimum Gasteiger partial charge on any atom is -0.385 e. The lowest BCUT2D eigenvalue weighted by Crippen LogP contribution is -2.30. The molecule has 3 heterocycles. The number of benzene rings is 1. The van der Waals surface area contributed by atoms with Crippen LogP contribution in [0.3, 0.4) is 0 Å². The first-order valence-corrected chi connectivity index (χ1v) is 10.7. The Morgan fingerprint density at radius 2 is 1.97 bits per heavy atom. The standard InChI is InChI=1S/C23H28N6O2/c1-2-17-13-20(24)28-21(26-17)16-12-19(23(31)25-14-16)27-22(30)15-6-8-18(9-7-15)29-10-4-3-5-11-29/h6-9,12-14,21,28H,2-5,10-11,24H2,1H3,(H,25,31)(H,27,30). The van der Waals surface area contributed by atoms with Crippen molar-refractivity contribution in [2.24, 2.45) is 10.7 Å². The van der Waals surface area contributed by atoms with E-state index in [0.717, 1.165) is 30.9 Å². The third-order valence-corrected chi connectivity index (χ3v) is 5.62. The van der Waals surface area contributed by atoms with Gasteiger partial charge in [0.2, 0.25) is 0 Å². The lowest BCUT2D eigenvalue weighted by Gasteiger charge is -2.28. The molecule has 4 rings (SSSR count). The number of allylic oxidation sites excluding steroid dienone is 1. The zero-order valence-corrected chi connectivity index (χ0v) is 17.6. The SMILES string of the molecule is CCC1=NC(c2c[nH]c(=O)c(NC(=O)c3ccc(N4CCCCC4)cc3)c2)NC(N)=C1. The average molecular weight is 421 g/mol. The number of H-pyrrole nitrogens is 1. The fourth-order valence-corrected chi connectivity index (χ4v) is 3.89. The Kier molecular flexibility index (Phi) is 6.06. The topological polar surface area (TPSA) is 116 Å². The number of piperidine rings is 1. The molecule has 1 amide bonds. The first-order valence-electron chi connectivity index (χ1n) is 10.7. The average Bonchev–Trinajstić information content (AvgIpc) is 2.80. The number of carbonyl (C=O) groups excluding carboxylic acids is 1. The van der Waals surface area contributed by atoms with Gasteiger partial charge in [0, 0.05) is 41.8 Å². The summed E-state index contributed by atoms with van der Waals surface area (Å²) in [6, 6.07) is 9.14. The molecule has 8 heteroatoms. The monoisotopic (exact) mass is 420 g/mol. The number of nitrogens with one attached hydrogen (secondary N) is 3. The van der Waals surface area contributed by atoms with Crippen molar-refractivity contribution in [2.75, 3.05) is 23.3 Å². The molecule has 1 fully saturated rings. The molecule has 0 radical (unpaired) electrons. The van der Waals surface area contributed by atoms with Gasteiger partial charge in [0.15, 0.2) is 0 Å². The summed E-state index contributed by atoms with van der Waals surface area (Å²) >= 11 is 0. The van der Waals surface area contributed by atoms with Crippen LogP contribution in [0, 0.1) is 0 Å². The maximum absolute atomic E-state index is 12.7. The van der Waals surface area contributed by atoms with Gasteiger partial charge in [-0.2, -0.15) is 0 Å². The molecule has 0 saturated carbocycles. The van der Waals surface area contributed by atoms with Crippen LogP contribution in [0.15, 0.2) is 58.2 Å². The van der Waals surface area contributed by atoms with Crippen LogP contribution in [0.25, 0.3) is 0 Å². The molecule has 1 aromatic carbocycles. The van der Waals surface area contributed by atoms with Crippen LogP contribution in [0.1, 0.15) is 54.7 Å². The first-order chi connectivity index (χ1) is 15.0. The molecule has 162 valence electrons. The lowest BCUT2D eigenvalue weighted by atomic mass is 10.1.